The van der Waals surface area contributed by atoms with Gasteiger partial charge in [0.15, 0.2) is 0 Å². The maximum Gasteiger partial charge on any atom is 0.413 e. The molecule has 0 fully saturated rings. The summed E-state index contributed by atoms with van der Waals surface area (Å²) in [6.45, 7) is 1.21. The van der Waals surface area contributed by atoms with E-state index in [9.17, 15) is 4.79 Å². The second-order valence-electron chi connectivity index (χ2n) is 4.06. The Labute approximate surface area is 120 Å². The molecule has 1 aromatic carbocycles. The average molecular weight is 302 g/mol. The summed E-state index contributed by atoms with van der Waals surface area (Å²) in [6, 6.07) is 5.53. The van der Waals surface area contributed by atoms with Crippen LogP contribution in [0.25, 0.3) is 0 Å². The molecule has 0 spiro atoms. The van der Waals surface area contributed by atoms with Gasteiger partial charge in [0.25, 0.3) is 0 Å². The Morgan fingerprint density at radius 2 is 2.26 bits per heavy atom. The highest BCUT2D eigenvalue weighted by molar-refractivity contribution is 6.42. The van der Waals surface area contributed by atoms with E-state index in [0.29, 0.717) is 29.1 Å². The molecule has 1 amide bonds. The van der Waals surface area contributed by atoms with Crippen LogP contribution in [0.1, 0.15) is 11.5 Å². The lowest BCUT2D eigenvalue weighted by Crippen LogP contribution is -2.45. The number of carbonyl (C=O) groups is 1. The van der Waals surface area contributed by atoms with Gasteiger partial charge in [-0.05, 0) is 17.7 Å². The van der Waals surface area contributed by atoms with Crippen molar-refractivity contribution in [3.05, 3.63) is 33.8 Å². The molecule has 7 heteroatoms. The molecule has 2 N–H and O–H groups in total. The van der Waals surface area contributed by atoms with E-state index >= 15 is 0 Å². The van der Waals surface area contributed by atoms with Gasteiger partial charge in [-0.3, -0.25) is 10.3 Å². The molecule has 2 rings (SSSR count). The Morgan fingerprint density at radius 3 is 2.84 bits per heavy atom. The Bertz CT molecular complexity index is 520. The highest BCUT2D eigenvalue weighted by Gasteiger charge is 2.18. The third kappa shape index (κ3) is 3.52. The minimum Gasteiger partial charge on any atom is -0.453 e. The number of hydrogen-bond donors (Lipinski definition) is 2. The van der Waals surface area contributed by atoms with Gasteiger partial charge in [0.1, 0.15) is 0 Å². The number of benzene rings is 1. The van der Waals surface area contributed by atoms with E-state index in [1.54, 1.807) is 6.07 Å². The van der Waals surface area contributed by atoms with E-state index < -0.39 is 6.09 Å². The van der Waals surface area contributed by atoms with Crippen molar-refractivity contribution in [1.82, 2.24) is 10.6 Å². The molecule has 5 nitrogen and oxygen atoms in total. The fraction of sp³-hybridized carbons (Fsp3) is 0.333. The van der Waals surface area contributed by atoms with Gasteiger partial charge in [-0.1, -0.05) is 29.3 Å². The van der Waals surface area contributed by atoms with Crippen molar-refractivity contribution in [3.63, 3.8) is 0 Å². The van der Waals surface area contributed by atoms with Crippen LogP contribution in [0, 0.1) is 0 Å². The number of nitrogens with one attached hydrogen (secondary N) is 2. The summed E-state index contributed by atoms with van der Waals surface area (Å²) >= 11 is 11.9. The van der Waals surface area contributed by atoms with Crippen molar-refractivity contribution in [2.24, 2.45) is 4.99 Å². The maximum absolute atomic E-state index is 11.0. The van der Waals surface area contributed by atoms with Crippen LogP contribution in [0.2, 0.25) is 10.0 Å². The van der Waals surface area contributed by atoms with Crippen LogP contribution in [-0.2, 0) is 4.74 Å². The first-order chi connectivity index (χ1) is 9.10. The van der Waals surface area contributed by atoms with Crippen LogP contribution in [0.5, 0.6) is 0 Å². The summed E-state index contributed by atoms with van der Waals surface area (Å²) in [5.74, 6) is 0.612. The molecule has 0 aromatic heterocycles. The highest BCUT2D eigenvalue weighted by Crippen LogP contribution is 2.27. The van der Waals surface area contributed by atoms with E-state index in [-0.39, 0.29) is 5.92 Å². The summed E-state index contributed by atoms with van der Waals surface area (Å²) in [6.07, 6.45) is -0.542. The lowest BCUT2D eigenvalue weighted by Gasteiger charge is -2.23. The summed E-state index contributed by atoms with van der Waals surface area (Å²) in [4.78, 5) is 15.3. The second kappa shape index (κ2) is 6.12. The van der Waals surface area contributed by atoms with Crippen LogP contribution in [-0.4, -0.2) is 32.3 Å². The summed E-state index contributed by atoms with van der Waals surface area (Å²) in [7, 11) is 1.30. The standard InChI is InChI=1S/C12H13Cl2N3O2/c1-19-12(18)17-11-15-5-8(6-16-11)7-2-3-9(13)10(14)4-7/h2-4,8H,5-6H2,1H3,(H2,15,16,17,18). The Hall–Kier alpha value is -1.46. The summed E-state index contributed by atoms with van der Waals surface area (Å²) in [5.41, 5.74) is 1.06. The largest absolute Gasteiger partial charge is 0.453 e. The van der Waals surface area contributed by atoms with Gasteiger partial charge in [0, 0.05) is 12.5 Å². The fourth-order valence-corrected chi connectivity index (χ4v) is 2.07. The molecule has 102 valence electrons. The summed E-state index contributed by atoms with van der Waals surface area (Å²) < 4.78 is 4.49. The average Bonchev–Trinajstić information content (AvgIpc) is 2.42. The number of aliphatic imine (C=N–C) groups is 1. The molecule has 0 saturated carbocycles. The van der Waals surface area contributed by atoms with E-state index in [1.165, 1.54) is 7.11 Å². The fourth-order valence-electron chi connectivity index (χ4n) is 1.76. The Balaban J connectivity index is 2.02. The van der Waals surface area contributed by atoms with Crippen LogP contribution in [0.4, 0.5) is 4.79 Å². The highest BCUT2D eigenvalue weighted by atomic mass is 35.5. The van der Waals surface area contributed by atoms with Gasteiger partial charge in [0.05, 0.1) is 23.7 Å². The smallest absolute Gasteiger partial charge is 0.413 e. The molecule has 0 radical (unpaired) electrons. The number of ether oxygens (including phenoxy) is 1. The van der Waals surface area contributed by atoms with Crippen molar-refractivity contribution >= 4 is 35.3 Å². The quantitative estimate of drug-likeness (QED) is 0.837. The van der Waals surface area contributed by atoms with Crippen molar-refractivity contribution in [3.8, 4) is 0 Å². The molecule has 19 heavy (non-hydrogen) atoms. The van der Waals surface area contributed by atoms with Gasteiger partial charge in [-0.25, -0.2) is 4.79 Å². The zero-order valence-electron chi connectivity index (χ0n) is 10.2. The number of rotatable bonds is 1. The molecule has 0 saturated heterocycles. The number of halogens is 2. The molecule has 1 aromatic rings. The molecule has 1 aliphatic rings. The first-order valence-corrected chi connectivity index (χ1v) is 6.44. The predicted octanol–water partition coefficient (Wildman–Crippen LogP) is 2.39. The van der Waals surface area contributed by atoms with Crippen LogP contribution in [0.3, 0.4) is 0 Å². The first-order valence-electron chi connectivity index (χ1n) is 5.68. The Kier molecular flexibility index (Phi) is 4.50. The number of methoxy groups -OCH3 is 1. The molecule has 1 heterocycles. The van der Waals surface area contributed by atoms with Crippen LogP contribution in [0.15, 0.2) is 23.2 Å². The monoisotopic (exact) mass is 301 g/mol. The van der Waals surface area contributed by atoms with Gasteiger partial charge >= 0.3 is 6.09 Å². The number of nitrogens with zero attached hydrogens (tertiary/aromatic N) is 1. The molecule has 1 unspecified atom stereocenters. The van der Waals surface area contributed by atoms with E-state index in [2.05, 4.69) is 20.4 Å². The van der Waals surface area contributed by atoms with Crippen molar-refractivity contribution in [1.29, 1.82) is 0 Å². The number of hydrogen-bond acceptors (Lipinski definition) is 4. The van der Waals surface area contributed by atoms with Crippen molar-refractivity contribution in [2.45, 2.75) is 5.92 Å². The third-order valence-electron chi connectivity index (χ3n) is 2.81. The SMILES string of the molecule is COC(=O)NC1=NCC(c2ccc(Cl)c(Cl)c2)CN1. The van der Waals surface area contributed by atoms with Gasteiger partial charge < -0.3 is 10.1 Å². The van der Waals surface area contributed by atoms with Crippen LogP contribution >= 0.6 is 23.2 Å². The van der Waals surface area contributed by atoms with Gasteiger partial charge in [-0.2, -0.15) is 0 Å². The van der Waals surface area contributed by atoms with Gasteiger partial charge in [0.2, 0.25) is 5.96 Å². The molecule has 1 atom stereocenters. The molecule has 0 bridgehead atoms. The Morgan fingerprint density at radius 1 is 1.47 bits per heavy atom. The maximum atomic E-state index is 11.0. The van der Waals surface area contributed by atoms with Gasteiger partial charge in [-0.15, -0.1) is 0 Å². The van der Waals surface area contributed by atoms with Crippen molar-refractivity contribution < 1.29 is 9.53 Å². The minimum absolute atomic E-state index is 0.193. The number of carbonyl (C=O) groups excluding carboxylic acids is 1. The van der Waals surface area contributed by atoms with E-state index in [4.69, 9.17) is 23.2 Å². The zero-order valence-corrected chi connectivity index (χ0v) is 11.8. The summed E-state index contributed by atoms with van der Waals surface area (Å²) in [5, 5.41) is 6.58. The first kappa shape index (κ1) is 14.0. The lowest BCUT2D eigenvalue weighted by atomic mass is 9.98. The number of guanidine groups is 1. The molecule has 0 aliphatic carbocycles. The molecular formula is C12H13Cl2N3O2. The second-order valence-corrected chi connectivity index (χ2v) is 4.87. The van der Waals surface area contributed by atoms with E-state index in [0.717, 1.165) is 5.56 Å². The topological polar surface area (TPSA) is 62.7 Å². The normalized spacial score (nSPS) is 18.3. The van der Waals surface area contributed by atoms with Crippen molar-refractivity contribution in [2.75, 3.05) is 20.2 Å². The zero-order chi connectivity index (χ0) is 13.8. The number of alkyl carbamates (subject to hydrolysis) is 1. The third-order valence-corrected chi connectivity index (χ3v) is 3.55. The predicted molar refractivity (Wildman–Crippen MR) is 75.0 cm³/mol. The van der Waals surface area contributed by atoms with E-state index in [1.807, 2.05) is 12.1 Å². The molecular weight excluding hydrogens is 289 g/mol. The number of amides is 1. The molecule has 1 aliphatic heterocycles. The van der Waals surface area contributed by atoms with Crippen LogP contribution < -0.4 is 10.6 Å². The lowest BCUT2D eigenvalue weighted by molar-refractivity contribution is 0.176. The minimum atomic E-state index is -0.542.